The van der Waals surface area contributed by atoms with Gasteiger partial charge in [0.25, 0.3) is 0 Å². The van der Waals surface area contributed by atoms with Gasteiger partial charge in [-0.05, 0) is 112 Å². The standard InChI is InChI=1S/C62H39N3/c1-5-14-43(15-6-1)59-63-60(44-16-7-2-8-17-44)65-61(64-59)45-28-24-40(25-29-45)46-32-34-53-54-35-33-47(50-36-48-30-26-41-18-13-19-42-27-31-49(37-50)58(48)57(41)42)39-56(54)62(55(53)38-46,51-20-9-3-10-21-51)52-22-11-4-12-23-52/h1-39H. The predicted octanol–water partition coefficient (Wildman–Crippen LogP) is 15.5. The Morgan fingerprint density at radius 2 is 0.615 bits per heavy atom. The molecule has 12 aromatic rings. The summed E-state index contributed by atoms with van der Waals surface area (Å²) in [4.78, 5) is 14.9. The van der Waals surface area contributed by atoms with Crippen molar-refractivity contribution in [2.24, 2.45) is 0 Å². The molecule has 302 valence electrons. The maximum atomic E-state index is 5.00. The second-order valence-corrected chi connectivity index (χ2v) is 17.1. The van der Waals surface area contributed by atoms with Crippen LogP contribution in [-0.2, 0) is 5.41 Å². The van der Waals surface area contributed by atoms with Crippen LogP contribution < -0.4 is 0 Å². The van der Waals surface area contributed by atoms with Crippen LogP contribution in [0, 0.1) is 0 Å². The molecule has 1 heterocycles. The molecular weight excluding hydrogens is 787 g/mol. The number of aromatic nitrogens is 3. The molecular formula is C62H39N3. The molecule has 11 aromatic carbocycles. The fourth-order valence-electron chi connectivity index (χ4n) is 10.5. The number of fused-ring (bicyclic) bond motifs is 3. The first-order valence-electron chi connectivity index (χ1n) is 22.3. The van der Waals surface area contributed by atoms with Gasteiger partial charge in [0.05, 0.1) is 5.41 Å². The average molecular weight is 826 g/mol. The summed E-state index contributed by atoms with van der Waals surface area (Å²) in [5.74, 6) is 1.94. The normalized spacial score (nSPS) is 12.7. The summed E-state index contributed by atoms with van der Waals surface area (Å²) in [5, 5.41) is 7.78. The third-order valence-electron chi connectivity index (χ3n) is 13.5. The molecule has 3 heteroatoms. The predicted molar refractivity (Wildman–Crippen MR) is 268 cm³/mol. The fourth-order valence-corrected chi connectivity index (χ4v) is 10.5. The van der Waals surface area contributed by atoms with Crippen LogP contribution in [0.4, 0.5) is 0 Å². The fraction of sp³-hybridized carbons (Fsp3) is 0.0161. The highest BCUT2D eigenvalue weighted by molar-refractivity contribution is 6.23. The molecule has 0 amide bonds. The monoisotopic (exact) mass is 825 g/mol. The van der Waals surface area contributed by atoms with Gasteiger partial charge < -0.3 is 0 Å². The molecule has 0 fully saturated rings. The molecule has 0 aliphatic heterocycles. The average Bonchev–Trinajstić information content (AvgIpc) is 3.68. The summed E-state index contributed by atoms with van der Waals surface area (Å²) in [7, 11) is 0. The lowest BCUT2D eigenvalue weighted by Crippen LogP contribution is -2.28. The van der Waals surface area contributed by atoms with Crippen molar-refractivity contribution in [1.82, 2.24) is 15.0 Å². The van der Waals surface area contributed by atoms with E-state index in [1.54, 1.807) is 0 Å². The van der Waals surface area contributed by atoms with E-state index in [0.717, 1.165) is 27.8 Å². The van der Waals surface area contributed by atoms with Crippen LogP contribution in [0.5, 0.6) is 0 Å². The van der Waals surface area contributed by atoms with Gasteiger partial charge in [-0.15, -0.1) is 0 Å². The van der Waals surface area contributed by atoms with E-state index < -0.39 is 5.41 Å². The Labute approximate surface area is 377 Å². The van der Waals surface area contributed by atoms with Crippen molar-refractivity contribution < 1.29 is 0 Å². The van der Waals surface area contributed by atoms with Crippen molar-refractivity contribution in [2.45, 2.75) is 5.41 Å². The summed E-state index contributed by atoms with van der Waals surface area (Å²) in [6.07, 6.45) is 0. The van der Waals surface area contributed by atoms with E-state index >= 15 is 0 Å². The minimum Gasteiger partial charge on any atom is -0.208 e. The van der Waals surface area contributed by atoms with E-state index in [-0.39, 0.29) is 0 Å². The second kappa shape index (κ2) is 14.8. The van der Waals surface area contributed by atoms with Gasteiger partial charge in [0, 0.05) is 16.7 Å². The molecule has 0 atom stereocenters. The Kier molecular flexibility index (Phi) is 8.44. The van der Waals surface area contributed by atoms with Crippen LogP contribution in [-0.4, -0.2) is 15.0 Å². The topological polar surface area (TPSA) is 38.7 Å². The quantitative estimate of drug-likeness (QED) is 0.150. The molecule has 0 unspecified atom stereocenters. The molecule has 1 aliphatic carbocycles. The van der Waals surface area contributed by atoms with Gasteiger partial charge in [-0.3, -0.25) is 0 Å². The van der Waals surface area contributed by atoms with Gasteiger partial charge in [0.2, 0.25) is 0 Å². The van der Waals surface area contributed by atoms with Crippen LogP contribution in [0.3, 0.4) is 0 Å². The Balaban J connectivity index is 0.955. The van der Waals surface area contributed by atoms with Crippen LogP contribution in [0.2, 0.25) is 0 Å². The van der Waals surface area contributed by atoms with Crippen molar-refractivity contribution in [2.75, 3.05) is 0 Å². The molecule has 0 bridgehead atoms. The minimum atomic E-state index is -0.568. The summed E-state index contributed by atoms with van der Waals surface area (Å²) in [6.45, 7) is 0. The van der Waals surface area contributed by atoms with Gasteiger partial charge in [0.1, 0.15) is 0 Å². The first-order chi connectivity index (χ1) is 32.2. The molecule has 1 aliphatic rings. The van der Waals surface area contributed by atoms with Crippen molar-refractivity contribution in [3.8, 4) is 67.5 Å². The van der Waals surface area contributed by atoms with E-state index in [9.17, 15) is 0 Å². The summed E-state index contributed by atoms with van der Waals surface area (Å²) < 4.78 is 0. The Morgan fingerprint density at radius 1 is 0.246 bits per heavy atom. The molecule has 0 saturated carbocycles. The van der Waals surface area contributed by atoms with Crippen molar-refractivity contribution in [3.63, 3.8) is 0 Å². The Bertz CT molecular complexity index is 3570. The van der Waals surface area contributed by atoms with Gasteiger partial charge in [-0.25, -0.2) is 15.0 Å². The lowest BCUT2D eigenvalue weighted by molar-refractivity contribution is 0.769. The zero-order valence-electron chi connectivity index (χ0n) is 35.4. The highest BCUT2D eigenvalue weighted by atomic mass is 15.0. The minimum absolute atomic E-state index is 0.568. The van der Waals surface area contributed by atoms with Crippen LogP contribution >= 0.6 is 0 Å². The highest BCUT2D eigenvalue weighted by Gasteiger charge is 2.46. The molecule has 0 radical (unpaired) electrons. The zero-order chi connectivity index (χ0) is 42.9. The van der Waals surface area contributed by atoms with Crippen LogP contribution in [0.1, 0.15) is 22.3 Å². The molecule has 0 N–H and O–H groups in total. The Morgan fingerprint density at radius 3 is 1.09 bits per heavy atom. The second-order valence-electron chi connectivity index (χ2n) is 17.1. The van der Waals surface area contributed by atoms with E-state index in [0.29, 0.717) is 17.5 Å². The lowest BCUT2D eigenvalue weighted by atomic mass is 9.67. The molecule has 0 saturated heterocycles. The summed E-state index contributed by atoms with van der Waals surface area (Å²) in [6, 6.07) is 85.8. The van der Waals surface area contributed by atoms with E-state index in [2.05, 4.69) is 176 Å². The van der Waals surface area contributed by atoms with Crippen molar-refractivity contribution in [3.05, 3.63) is 259 Å². The van der Waals surface area contributed by atoms with Crippen LogP contribution in [0.25, 0.3) is 99.9 Å². The third-order valence-corrected chi connectivity index (χ3v) is 13.5. The zero-order valence-corrected chi connectivity index (χ0v) is 35.4. The number of rotatable bonds is 7. The van der Waals surface area contributed by atoms with E-state index in [1.807, 2.05) is 60.7 Å². The number of nitrogens with zero attached hydrogens (tertiary/aromatic N) is 3. The van der Waals surface area contributed by atoms with E-state index in [1.165, 1.54) is 76.8 Å². The number of benzene rings is 11. The van der Waals surface area contributed by atoms with Gasteiger partial charge in [-0.2, -0.15) is 0 Å². The first kappa shape index (κ1) is 37.1. The molecule has 0 spiro atoms. The van der Waals surface area contributed by atoms with Gasteiger partial charge in [0.15, 0.2) is 17.5 Å². The lowest BCUT2D eigenvalue weighted by Gasteiger charge is -2.34. The summed E-state index contributed by atoms with van der Waals surface area (Å²) >= 11 is 0. The largest absolute Gasteiger partial charge is 0.208 e. The molecule has 1 aromatic heterocycles. The highest BCUT2D eigenvalue weighted by Crippen LogP contribution is 2.57. The van der Waals surface area contributed by atoms with Gasteiger partial charge >= 0.3 is 0 Å². The van der Waals surface area contributed by atoms with Gasteiger partial charge in [-0.1, -0.05) is 212 Å². The third kappa shape index (κ3) is 5.93. The summed E-state index contributed by atoms with van der Waals surface area (Å²) in [5.41, 5.74) is 14.5. The number of hydrogen-bond donors (Lipinski definition) is 0. The SMILES string of the molecule is c1ccc(-c2nc(-c3ccccc3)nc(-c3ccc(-c4ccc5c(c4)C(c4ccccc4)(c4ccccc4)c4cc(-c6cc7ccc8cccc9ccc(c6)c7c89)ccc4-5)cc3)n2)cc1. The molecule has 65 heavy (non-hydrogen) atoms. The maximum Gasteiger partial charge on any atom is 0.164 e. The molecule has 3 nitrogen and oxygen atoms in total. The first-order valence-corrected chi connectivity index (χ1v) is 22.3. The van der Waals surface area contributed by atoms with Crippen molar-refractivity contribution in [1.29, 1.82) is 0 Å². The van der Waals surface area contributed by atoms with E-state index in [4.69, 9.17) is 15.0 Å². The smallest absolute Gasteiger partial charge is 0.164 e. The van der Waals surface area contributed by atoms with Crippen LogP contribution in [0.15, 0.2) is 237 Å². The maximum absolute atomic E-state index is 5.00. The Hall–Kier alpha value is -8.53. The molecule has 13 rings (SSSR count). The number of hydrogen-bond acceptors (Lipinski definition) is 3. The van der Waals surface area contributed by atoms with Crippen molar-refractivity contribution >= 4 is 32.3 Å².